The summed E-state index contributed by atoms with van der Waals surface area (Å²) in [6.45, 7) is 5.09. The molecule has 1 aliphatic heterocycles. The summed E-state index contributed by atoms with van der Waals surface area (Å²) in [4.78, 5) is 18.7. The van der Waals surface area contributed by atoms with Crippen molar-refractivity contribution >= 4 is 21.1 Å². The van der Waals surface area contributed by atoms with Crippen LogP contribution in [0, 0.1) is 5.92 Å². The fraction of sp³-hybridized carbons (Fsp3) is 0.500. The van der Waals surface area contributed by atoms with Gasteiger partial charge in [0.15, 0.2) is 33.2 Å². The highest BCUT2D eigenvalue weighted by atomic mass is 32.2. The molecule has 1 unspecified atom stereocenters. The van der Waals surface area contributed by atoms with E-state index < -0.39 is 9.84 Å². The van der Waals surface area contributed by atoms with E-state index in [1.807, 2.05) is 32.0 Å². The Morgan fingerprint density at radius 3 is 2.47 bits per heavy atom. The number of methoxy groups -OCH3 is 2. The van der Waals surface area contributed by atoms with Crippen molar-refractivity contribution in [1.82, 2.24) is 24.5 Å². The molecule has 0 N–H and O–H groups in total. The van der Waals surface area contributed by atoms with Crippen molar-refractivity contribution in [2.45, 2.75) is 63.6 Å². The summed E-state index contributed by atoms with van der Waals surface area (Å²) in [5.74, 6) is 1.68. The van der Waals surface area contributed by atoms with Crippen LogP contribution in [-0.2, 0) is 25.1 Å². The lowest BCUT2D eigenvalue weighted by molar-refractivity contribution is -0.248. The van der Waals surface area contributed by atoms with Crippen LogP contribution in [0.4, 0.5) is 0 Å². The number of sulfone groups is 1. The second-order valence-corrected chi connectivity index (χ2v) is 13.9. The van der Waals surface area contributed by atoms with E-state index in [2.05, 4.69) is 9.97 Å². The molecule has 4 heterocycles. The van der Waals surface area contributed by atoms with E-state index in [1.54, 1.807) is 37.0 Å². The zero-order valence-corrected chi connectivity index (χ0v) is 26.9. The van der Waals surface area contributed by atoms with Gasteiger partial charge in [-0.15, -0.1) is 0 Å². The summed E-state index contributed by atoms with van der Waals surface area (Å²) in [5.41, 5.74) is 1.67. The van der Waals surface area contributed by atoms with Gasteiger partial charge in [0.05, 0.1) is 49.8 Å². The third-order valence-electron chi connectivity index (χ3n) is 8.14. The molecule has 2 aliphatic rings. The summed E-state index contributed by atoms with van der Waals surface area (Å²) in [6, 6.07) is 10.8. The number of rotatable bonds is 12. The maximum Gasteiger partial charge on any atom is 0.213 e. The first-order valence-corrected chi connectivity index (χ1v) is 17.1. The number of fused-ring (bicyclic) bond motifs is 1. The smallest absolute Gasteiger partial charge is 0.213 e. The van der Waals surface area contributed by atoms with Crippen LogP contribution in [0.1, 0.15) is 51.6 Å². The average Bonchev–Trinajstić information content (AvgIpc) is 3.38. The Balaban J connectivity index is 1.31. The third kappa shape index (κ3) is 6.75. The molecule has 0 spiro atoms. The van der Waals surface area contributed by atoms with E-state index in [0.717, 1.165) is 19.3 Å². The fourth-order valence-electron chi connectivity index (χ4n) is 6.30. The van der Waals surface area contributed by atoms with E-state index in [4.69, 9.17) is 33.7 Å². The molecule has 1 saturated carbocycles. The largest absolute Gasteiger partial charge is 0.494 e. The van der Waals surface area contributed by atoms with Gasteiger partial charge in [-0.05, 0) is 70.1 Å². The average molecular weight is 638 g/mol. The SMILES string of the molecule is CCOc1cccc(-c2nc3ncc(CS(=O)(=O)CC4CC(C)(OC5CCCCO5)C4)nc3n2-c2c(OC)cccc2OC)n1. The molecule has 45 heavy (non-hydrogen) atoms. The number of benzene rings is 1. The topological polar surface area (TPSA) is 137 Å². The maximum absolute atomic E-state index is 13.4. The van der Waals surface area contributed by atoms with Crippen molar-refractivity contribution in [2.24, 2.45) is 5.92 Å². The zero-order chi connectivity index (χ0) is 31.6. The number of ether oxygens (including phenoxy) is 5. The number of para-hydroxylation sites is 1. The van der Waals surface area contributed by atoms with Crippen LogP contribution < -0.4 is 14.2 Å². The van der Waals surface area contributed by atoms with Crippen molar-refractivity contribution in [3.63, 3.8) is 0 Å². The first kappa shape index (κ1) is 31.2. The minimum absolute atomic E-state index is 0.0129. The number of pyridine rings is 1. The molecule has 0 amide bonds. The summed E-state index contributed by atoms with van der Waals surface area (Å²) in [5, 5.41) is 0. The van der Waals surface area contributed by atoms with E-state index in [-0.39, 0.29) is 29.3 Å². The van der Waals surface area contributed by atoms with E-state index in [9.17, 15) is 8.42 Å². The maximum atomic E-state index is 13.4. The molecular formula is C32H39N5O7S. The second kappa shape index (κ2) is 12.9. The molecule has 1 atom stereocenters. The van der Waals surface area contributed by atoms with Crippen molar-refractivity contribution in [1.29, 1.82) is 0 Å². The first-order chi connectivity index (χ1) is 21.7. The normalized spacial score (nSPS) is 21.8. The predicted octanol–water partition coefficient (Wildman–Crippen LogP) is 4.92. The van der Waals surface area contributed by atoms with Gasteiger partial charge in [0.25, 0.3) is 0 Å². The monoisotopic (exact) mass is 637 g/mol. The highest BCUT2D eigenvalue weighted by molar-refractivity contribution is 7.90. The molecule has 1 aliphatic carbocycles. The van der Waals surface area contributed by atoms with Gasteiger partial charge in [-0.25, -0.2) is 28.4 Å². The van der Waals surface area contributed by atoms with Crippen LogP contribution in [-0.4, -0.2) is 78.0 Å². The predicted molar refractivity (Wildman–Crippen MR) is 167 cm³/mol. The molecule has 1 aromatic carbocycles. The Kier molecular flexibility index (Phi) is 8.94. The lowest BCUT2D eigenvalue weighted by Gasteiger charge is -2.47. The van der Waals surface area contributed by atoms with Gasteiger partial charge in [0.2, 0.25) is 5.88 Å². The molecule has 13 heteroatoms. The van der Waals surface area contributed by atoms with Crippen LogP contribution in [0.2, 0.25) is 0 Å². The lowest BCUT2D eigenvalue weighted by atomic mass is 9.73. The zero-order valence-electron chi connectivity index (χ0n) is 26.1. The van der Waals surface area contributed by atoms with Crippen LogP contribution in [0.15, 0.2) is 42.6 Å². The number of imidazole rings is 1. The number of aromatic nitrogens is 5. The Labute approximate surface area is 263 Å². The van der Waals surface area contributed by atoms with Gasteiger partial charge >= 0.3 is 0 Å². The van der Waals surface area contributed by atoms with Crippen molar-refractivity contribution in [3.05, 3.63) is 48.3 Å². The molecular weight excluding hydrogens is 598 g/mol. The van der Waals surface area contributed by atoms with Gasteiger partial charge in [-0.2, -0.15) is 0 Å². The Bertz CT molecular complexity index is 1740. The molecule has 1 saturated heterocycles. The molecule has 3 aromatic heterocycles. The molecule has 2 fully saturated rings. The standard InChI is InChI=1S/C32H39N5O7S/c1-5-42-26-13-8-10-23(35-26)30-36-29-31(37(30)28-24(40-3)11-9-12-25(28)41-4)34-22(18-33-29)20-45(38,39)19-21-16-32(2,17-21)44-27-14-6-7-15-43-27/h8-13,18,21,27H,5-7,14-17,19-20H2,1-4H3. The Morgan fingerprint density at radius 2 is 1.78 bits per heavy atom. The highest BCUT2D eigenvalue weighted by Crippen LogP contribution is 2.43. The van der Waals surface area contributed by atoms with Crippen LogP contribution in [0.3, 0.4) is 0 Å². The molecule has 12 nitrogen and oxygen atoms in total. The minimum atomic E-state index is -3.50. The quantitative estimate of drug-likeness (QED) is 0.209. The summed E-state index contributed by atoms with van der Waals surface area (Å²) in [6.07, 6.45) is 5.65. The number of nitrogens with zero attached hydrogens (tertiary/aromatic N) is 5. The van der Waals surface area contributed by atoms with Crippen molar-refractivity contribution < 1.29 is 32.1 Å². The highest BCUT2D eigenvalue weighted by Gasteiger charge is 2.45. The lowest BCUT2D eigenvalue weighted by Crippen LogP contribution is -2.49. The summed E-state index contributed by atoms with van der Waals surface area (Å²) in [7, 11) is -0.379. The van der Waals surface area contributed by atoms with Crippen LogP contribution in [0.5, 0.6) is 17.4 Å². The molecule has 0 radical (unpaired) electrons. The molecule has 240 valence electrons. The number of hydrogen-bond acceptors (Lipinski definition) is 11. The van der Waals surface area contributed by atoms with E-state index >= 15 is 0 Å². The van der Waals surface area contributed by atoms with Crippen LogP contribution in [0.25, 0.3) is 28.5 Å². The molecule has 4 aromatic rings. The van der Waals surface area contributed by atoms with Crippen molar-refractivity contribution in [2.75, 3.05) is 33.2 Å². The second-order valence-electron chi connectivity index (χ2n) is 11.8. The summed E-state index contributed by atoms with van der Waals surface area (Å²) < 4.78 is 57.5. The molecule has 6 rings (SSSR count). The van der Waals surface area contributed by atoms with Crippen LogP contribution >= 0.6 is 0 Å². The fourth-order valence-corrected chi connectivity index (χ4v) is 7.96. The Hall–Kier alpha value is -3.81. The van der Waals surface area contributed by atoms with Gasteiger partial charge in [0.1, 0.15) is 22.9 Å². The van der Waals surface area contributed by atoms with E-state index in [1.165, 1.54) is 6.20 Å². The Morgan fingerprint density at radius 1 is 1.02 bits per heavy atom. The van der Waals surface area contributed by atoms with Gasteiger partial charge < -0.3 is 23.7 Å². The minimum Gasteiger partial charge on any atom is -0.494 e. The third-order valence-corrected chi connectivity index (χ3v) is 9.86. The van der Waals surface area contributed by atoms with Gasteiger partial charge in [-0.1, -0.05) is 12.1 Å². The van der Waals surface area contributed by atoms with Gasteiger partial charge in [-0.3, -0.25) is 4.57 Å². The summed E-state index contributed by atoms with van der Waals surface area (Å²) >= 11 is 0. The first-order valence-electron chi connectivity index (χ1n) is 15.3. The van der Waals surface area contributed by atoms with E-state index in [0.29, 0.717) is 77.6 Å². The van der Waals surface area contributed by atoms with Crippen molar-refractivity contribution in [3.8, 4) is 34.6 Å². The van der Waals surface area contributed by atoms with Gasteiger partial charge in [0, 0.05) is 12.7 Å². The number of hydrogen-bond donors (Lipinski definition) is 0. The molecule has 0 bridgehead atoms.